The van der Waals surface area contributed by atoms with Crippen molar-refractivity contribution in [2.24, 2.45) is 23.2 Å². The van der Waals surface area contributed by atoms with Crippen molar-refractivity contribution in [3.8, 4) is 0 Å². The summed E-state index contributed by atoms with van der Waals surface area (Å²) in [6.07, 6.45) is 9.96. The first-order chi connectivity index (χ1) is 24.7. The van der Waals surface area contributed by atoms with Crippen LogP contribution in [0.15, 0.2) is 34.8 Å². The Labute approximate surface area is 346 Å². The largest absolute Gasteiger partial charge is 0.466 e. The van der Waals surface area contributed by atoms with Crippen molar-refractivity contribution in [2.45, 2.75) is 190 Å². The van der Waals surface area contributed by atoms with Crippen LogP contribution in [0.5, 0.6) is 0 Å². The first-order valence-electron chi connectivity index (χ1n) is 20.7. The SMILES string of the molecule is C/C(=C\C[C@H](C)/C(C)=C/c1csc(C)n1)C/C=C/[C@H](C)[C@H](O[Si](C)(C)C(C)(C)C)[C@@H](C)C(=O)C(C)(C)[C@H](CC(=O)OCC[Si](C)(C)C)O[Si](C)(C)C(C)(C)C. The number of nitrogens with zero attached hydrogens (tertiary/aromatic N) is 1. The summed E-state index contributed by atoms with van der Waals surface area (Å²) < 4.78 is 20.0. The molecular weight excluding hydrogens is 751 g/mol. The summed E-state index contributed by atoms with van der Waals surface area (Å²) in [6, 6.07) is 0.906. The maximum atomic E-state index is 14.9. The second-order valence-electron chi connectivity index (χ2n) is 21.2. The molecule has 0 fully saturated rings. The Morgan fingerprint density at radius 2 is 1.42 bits per heavy atom. The Morgan fingerprint density at radius 3 is 1.91 bits per heavy atom. The molecule has 10 heteroatoms. The van der Waals surface area contributed by atoms with Crippen molar-refractivity contribution in [3.05, 3.63) is 45.5 Å². The fraction of sp³-hybridized carbons (Fsp3) is 0.756. The molecule has 0 aliphatic carbocycles. The number of ketones is 1. The standard InChI is InChI=1S/C45H83NO5SSi3/c1-32(25-26-33(2)35(4)29-38-31-52-37(6)46-38)23-22-24-34(3)41(51-55(20,21)44(10,11)12)36(5)42(48)45(13,14)39(50-54(18,19)43(7,8)9)30-40(47)49-27-28-53(15,16)17/h22,24-25,29,31,33-34,36,39,41H,23,26-28,30H2,1-21H3/b24-22+,32-25+,35-29+/t33-,34-,36+,39-,41-/m0/s1. The number of carbonyl (C=O) groups excluding carboxylic acids is 2. The molecule has 0 aliphatic rings. The highest BCUT2D eigenvalue weighted by molar-refractivity contribution is 7.09. The van der Waals surface area contributed by atoms with Crippen LogP contribution in [0.1, 0.15) is 120 Å². The number of aryl methyl sites for hydroxylation is 1. The normalized spacial score (nSPS) is 17.3. The molecule has 0 amide bonds. The van der Waals surface area contributed by atoms with E-state index >= 15 is 0 Å². The van der Waals surface area contributed by atoms with Gasteiger partial charge in [-0.05, 0) is 93.8 Å². The van der Waals surface area contributed by atoms with Gasteiger partial charge in [0.05, 0.1) is 35.9 Å². The molecule has 316 valence electrons. The zero-order valence-electron chi connectivity index (χ0n) is 39.2. The lowest BCUT2D eigenvalue weighted by molar-refractivity contribution is -0.150. The third kappa shape index (κ3) is 16.8. The van der Waals surface area contributed by atoms with Gasteiger partial charge in [-0.3, -0.25) is 9.59 Å². The fourth-order valence-electron chi connectivity index (χ4n) is 5.78. The second kappa shape index (κ2) is 20.5. The molecule has 55 heavy (non-hydrogen) atoms. The van der Waals surface area contributed by atoms with E-state index in [1.165, 1.54) is 11.1 Å². The predicted molar refractivity (Wildman–Crippen MR) is 247 cm³/mol. The van der Waals surface area contributed by atoms with Gasteiger partial charge in [0.25, 0.3) is 0 Å². The number of aromatic nitrogens is 1. The highest BCUT2D eigenvalue weighted by Gasteiger charge is 2.50. The van der Waals surface area contributed by atoms with Gasteiger partial charge < -0.3 is 13.6 Å². The predicted octanol–water partition coefficient (Wildman–Crippen LogP) is 13.7. The topological polar surface area (TPSA) is 74.7 Å². The Bertz CT molecular complexity index is 1490. The van der Waals surface area contributed by atoms with E-state index in [0.29, 0.717) is 12.5 Å². The first kappa shape index (κ1) is 51.6. The van der Waals surface area contributed by atoms with Crippen LogP contribution in [-0.4, -0.2) is 60.3 Å². The van der Waals surface area contributed by atoms with Crippen LogP contribution in [0.4, 0.5) is 0 Å². The summed E-state index contributed by atoms with van der Waals surface area (Å²) in [6.45, 7) is 46.3. The highest BCUT2D eigenvalue weighted by Crippen LogP contribution is 2.44. The summed E-state index contributed by atoms with van der Waals surface area (Å²) in [5.41, 5.74) is 2.75. The number of allylic oxidation sites excluding steroid dienone is 4. The molecule has 0 spiro atoms. The summed E-state index contributed by atoms with van der Waals surface area (Å²) >= 11 is 1.69. The number of hydrogen-bond donors (Lipinski definition) is 0. The Hall–Kier alpha value is -1.44. The first-order valence-corrected chi connectivity index (χ1v) is 31.1. The van der Waals surface area contributed by atoms with Crippen molar-refractivity contribution in [1.29, 1.82) is 0 Å². The minimum absolute atomic E-state index is 0.00589. The molecule has 0 saturated heterocycles. The maximum absolute atomic E-state index is 14.9. The quantitative estimate of drug-likeness (QED) is 0.0698. The average Bonchev–Trinajstić information content (AvgIpc) is 3.43. The molecule has 6 nitrogen and oxygen atoms in total. The van der Waals surface area contributed by atoms with Gasteiger partial charge in [0.15, 0.2) is 16.6 Å². The van der Waals surface area contributed by atoms with Crippen LogP contribution < -0.4 is 0 Å². The Kier molecular flexibility index (Phi) is 19.2. The van der Waals surface area contributed by atoms with Crippen molar-refractivity contribution in [3.63, 3.8) is 0 Å². The minimum Gasteiger partial charge on any atom is -0.466 e. The van der Waals surface area contributed by atoms with Gasteiger partial charge in [0, 0.05) is 24.8 Å². The van der Waals surface area contributed by atoms with Crippen LogP contribution in [0.3, 0.4) is 0 Å². The summed E-state index contributed by atoms with van der Waals surface area (Å²) in [5, 5.41) is 3.09. The summed E-state index contributed by atoms with van der Waals surface area (Å²) in [5.74, 6) is -0.232. The van der Waals surface area contributed by atoms with Gasteiger partial charge >= 0.3 is 5.97 Å². The zero-order chi connectivity index (χ0) is 43.0. The van der Waals surface area contributed by atoms with Gasteiger partial charge in [0.2, 0.25) is 0 Å². The molecule has 1 aromatic heterocycles. The second-order valence-corrected chi connectivity index (χ2v) is 37.4. The van der Waals surface area contributed by atoms with Gasteiger partial charge in [-0.1, -0.05) is 125 Å². The average molecular weight is 834 g/mol. The lowest BCUT2D eigenvalue weighted by Gasteiger charge is -2.46. The van der Waals surface area contributed by atoms with E-state index < -0.39 is 42.1 Å². The van der Waals surface area contributed by atoms with Gasteiger partial charge in [-0.15, -0.1) is 11.3 Å². The van der Waals surface area contributed by atoms with Crippen molar-refractivity contribution in [1.82, 2.24) is 4.98 Å². The van der Waals surface area contributed by atoms with Gasteiger partial charge in [-0.2, -0.15) is 0 Å². The summed E-state index contributed by atoms with van der Waals surface area (Å²) in [4.78, 5) is 32.9. The number of carbonyl (C=O) groups is 2. The minimum atomic E-state index is -2.36. The molecule has 0 unspecified atom stereocenters. The Balaban J connectivity index is 3.39. The zero-order valence-corrected chi connectivity index (χ0v) is 43.0. The van der Waals surface area contributed by atoms with Crippen LogP contribution in [0.25, 0.3) is 6.08 Å². The Morgan fingerprint density at radius 1 is 0.873 bits per heavy atom. The molecular formula is C45H83NO5SSi3. The van der Waals surface area contributed by atoms with Gasteiger partial charge in [0.1, 0.15) is 5.78 Å². The van der Waals surface area contributed by atoms with E-state index in [1.807, 2.05) is 27.7 Å². The van der Waals surface area contributed by atoms with Crippen molar-refractivity contribution in [2.75, 3.05) is 6.61 Å². The van der Waals surface area contributed by atoms with Gasteiger partial charge in [-0.25, -0.2) is 4.98 Å². The van der Waals surface area contributed by atoms with Crippen LogP contribution in [0.2, 0.25) is 61.9 Å². The maximum Gasteiger partial charge on any atom is 0.308 e. The van der Waals surface area contributed by atoms with E-state index in [0.717, 1.165) is 29.6 Å². The molecule has 0 aliphatic heterocycles. The van der Waals surface area contributed by atoms with E-state index in [-0.39, 0.29) is 40.3 Å². The third-order valence-corrected chi connectivity index (χ3v) is 23.8. The number of esters is 1. The van der Waals surface area contributed by atoms with E-state index in [1.54, 1.807) is 11.3 Å². The number of ether oxygens (including phenoxy) is 1. The molecule has 5 atom stereocenters. The highest BCUT2D eigenvalue weighted by atomic mass is 32.1. The number of rotatable bonds is 21. The molecule has 0 aromatic carbocycles. The van der Waals surface area contributed by atoms with Crippen LogP contribution in [0, 0.1) is 30.1 Å². The van der Waals surface area contributed by atoms with E-state index in [2.05, 4.69) is 150 Å². The lowest BCUT2D eigenvalue weighted by Crippen LogP contribution is -2.54. The molecule has 1 aromatic rings. The number of Topliss-reactive ketones (excluding diaryl/α,β-unsaturated/α-hetero) is 1. The fourth-order valence-corrected chi connectivity index (χ4v) is 9.96. The molecule has 0 N–H and O–H groups in total. The smallest absolute Gasteiger partial charge is 0.308 e. The van der Waals surface area contributed by atoms with Crippen LogP contribution >= 0.6 is 11.3 Å². The lowest BCUT2D eigenvalue weighted by atomic mass is 9.73. The monoisotopic (exact) mass is 834 g/mol. The van der Waals surface area contributed by atoms with E-state index in [9.17, 15) is 9.59 Å². The third-order valence-electron chi connectivity index (χ3n) is 12.3. The summed E-state index contributed by atoms with van der Waals surface area (Å²) in [7, 11) is -6.01. The van der Waals surface area contributed by atoms with Crippen molar-refractivity contribution >= 4 is 53.9 Å². The van der Waals surface area contributed by atoms with Crippen molar-refractivity contribution < 1.29 is 23.2 Å². The number of thiazole rings is 1. The molecule has 0 radical (unpaired) electrons. The van der Waals surface area contributed by atoms with E-state index in [4.69, 9.17) is 13.6 Å². The molecule has 1 heterocycles. The molecule has 0 bridgehead atoms. The number of hydrogen-bond acceptors (Lipinski definition) is 7. The molecule has 0 saturated carbocycles. The molecule has 1 rings (SSSR count). The van der Waals surface area contributed by atoms with Crippen LogP contribution in [-0.2, 0) is 23.2 Å².